The van der Waals surface area contributed by atoms with Crippen molar-refractivity contribution in [3.63, 3.8) is 0 Å². The van der Waals surface area contributed by atoms with Crippen molar-refractivity contribution >= 4 is 55.4 Å². The van der Waals surface area contributed by atoms with Crippen molar-refractivity contribution in [1.82, 2.24) is 19.1 Å². The molecule has 66 heavy (non-hydrogen) atoms. The Morgan fingerprint density at radius 1 is 0.394 bits per heavy atom. The molecule has 0 unspecified atom stereocenters. The summed E-state index contributed by atoms with van der Waals surface area (Å²) in [6, 6.07) is 74.6. The van der Waals surface area contributed by atoms with E-state index in [-0.39, 0.29) is 0 Å². The second-order valence-electron chi connectivity index (χ2n) is 17.2. The van der Waals surface area contributed by atoms with Crippen LogP contribution in [0.25, 0.3) is 88.6 Å². The van der Waals surface area contributed by atoms with E-state index in [0.717, 1.165) is 66.8 Å². The van der Waals surface area contributed by atoms with Gasteiger partial charge in [0, 0.05) is 55.1 Å². The normalized spacial score (nSPS) is 13.2. The zero-order chi connectivity index (χ0) is 43.5. The van der Waals surface area contributed by atoms with Gasteiger partial charge in [0.1, 0.15) is 0 Å². The van der Waals surface area contributed by atoms with E-state index in [0.29, 0.717) is 5.56 Å². The number of para-hydroxylation sites is 3. The fourth-order valence-electron chi connectivity index (χ4n) is 11.1. The molecule has 0 fully saturated rings. The molecule has 0 N–H and O–H groups in total. The summed E-state index contributed by atoms with van der Waals surface area (Å²) in [4.78, 5) is 12.5. The zero-order valence-corrected chi connectivity index (χ0v) is 36.2. The molecule has 0 saturated carbocycles. The third kappa shape index (κ3) is 5.12. The van der Waals surface area contributed by atoms with Gasteiger partial charge in [-0.3, -0.25) is 9.97 Å². The fraction of sp³-hybridized carbons (Fsp3) is 0.0167. The lowest BCUT2D eigenvalue weighted by molar-refractivity contribution is 0.720. The van der Waals surface area contributed by atoms with Gasteiger partial charge in [-0.05, 0) is 148 Å². The molecular weight excluding hydrogens is 823 g/mol. The van der Waals surface area contributed by atoms with Crippen molar-refractivity contribution in [2.45, 2.75) is 15.2 Å². The maximum Gasteiger partial charge on any atom is 0.0991 e. The maximum atomic E-state index is 9.96. The van der Waals surface area contributed by atoms with Crippen LogP contribution in [0.3, 0.4) is 0 Å². The molecule has 14 rings (SSSR count). The van der Waals surface area contributed by atoms with Crippen LogP contribution in [-0.4, -0.2) is 19.1 Å². The van der Waals surface area contributed by atoms with Crippen molar-refractivity contribution < 1.29 is 0 Å². The summed E-state index contributed by atoms with van der Waals surface area (Å²) in [5, 5.41) is 14.6. The van der Waals surface area contributed by atoms with Crippen LogP contribution >= 0.6 is 11.8 Å². The average molecular weight is 858 g/mol. The molecule has 0 saturated heterocycles. The van der Waals surface area contributed by atoms with Crippen molar-refractivity contribution in [3.8, 4) is 51.1 Å². The molecule has 0 amide bonds. The molecule has 6 heteroatoms. The molecule has 8 aromatic carbocycles. The first kappa shape index (κ1) is 36.9. The third-order valence-corrected chi connectivity index (χ3v) is 15.0. The van der Waals surface area contributed by atoms with Gasteiger partial charge in [0.25, 0.3) is 0 Å². The molecule has 0 atom stereocenters. The average Bonchev–Trinajstić information content (AvgIpc) is 4.00. The van der Waals surface area contributed by atoms with E-state index in [2.05, 4.69) is 197 Å². The molecule has 1 aliphatic carbocycles. The smallest absolute Gasteiger partial charge is 0.0991 e. The maximum absolute atomic E-state index is 9.96. The first-order valence-electron chi connectivity index (χ1n) is 22.2. The van der Waals surface area contributed by atoms with Gasteiger partial charge in [-0.1, -0.05) is 109 Å². The van der Waals surface area contributed by atoms with Gasteiger partial charge in [0.05, 0.1) is 50.5 Å². The quantitative estimate of drug-likeness (QED) is 0.177. The van der Waals surface area contributed by atoms with Crippen LogP contribution in [0.2, 0.25) is 0 Å². The summed E-state index contributed by atoms with van der Waals surface area (Å²) in [6.45, 7) is 0. The Bertz CT molecular complexity index is 4000. The highest BCUT2D eigenvalue weighted by molar-refractivity contribution is 7.99. The number of hydrogen-bond acceptors (Lipinski definition) is 4. The second-order valence-corrected chi connectivity index (χ2v) is 18.3. The highest BCUT2D eigenvalue weighted by Gasteiger charge is 2.51. The predicted octanol–water partition coefficient (Wildman–Crippen LogP) is 14.7. The summed E-state index contributed by atoms with van der Waals surface area (Å²) >= 11 is 1.84. The van der Waals surface area contributed by atoms with Gasteiger partial charge in [-0.2, -0.15) is 5.26 Å². The molecule has 0 bridgehead atoms. The van der Waals surface area contributed by atoms with Crippen molar-refractivity contribution in [1.29, 1.82) is 5.26 Å². The molecule has 2 aliphatic rings. The zero-order valence-electron chi connectivity index (χ0n) is 35.4. The monoisotopic (exact) mass is 857 g/mol. The Balaban J connectivity index is 0.959. The van der Waals surface area contributed by atoms with E-state index in [1.165, 1.54) is 53.9 Å². The number of hydrogen-bond donors (Lipinski definition) is 0. The Labute approximate surface area is 384 Å². The van der Waals surface area contributed by atoms with Gasteiger partial charge < -0.3 is 9.13 Å². The van der Waals surface area contributed by atoms with Crippen LogP contribution in [-0.2, 0) is 5.41 Å². The highest BCUT2D eigenvalue weighted by Crippen LogP contribution is 2.62. The van der Waals surface area contributed by atoms with Crippen LogP contribution in [0.4, 0.5) is 0 Å². The van der Waals surface area contributed by atoms with Gasteiger partial charge in [0.2, 0.25) is 0 Å². The number of fused-ring (bicyclic) bond motifs is 15. The number of nitrogens with zero attached hydrogens (tertiary/aromatic N) is 5. The minimum atomic E-state index is -0.653. The molecular formula is C60H35N5S. The van der Waals surface area contributed by atoms with Gasteiger partial charge in [-0.25, -0.2) is 0 Å². The predicted molar refractivity (Wildman–Crippen MR) is 268 cm³/mol. The minimum Gasteiger partial charge on any atom is -0.309 e. The lowest BCUT2D eigenvalue weighted by atomic mass is 9.67. The Morgan fingerprint density at radius 2 is 0.909 bits per heavy atom. The first-order chi connectivity index (χ1) is 32.7. The van der Waals surface area contributed by atoms with E-state index < -0.39 is 5.41 Å². The van der Waals surface area contributed by atoms with Crippen LogP contribution in [0.1, 0.15) is 27.8 Å². The molecule has 0 radical (unpaired) electrons. The number of aromatic nitrogens is 4. The summed E-state index contributed by atoms with van der Waals surface area (Å²) in [5.74, 6) is 0. The lowest BCUT2D eigenvalue weighted by Gasteiger charge is -2.39. The molecule has 4 aromatic heterocycles. The summed E-state index contributed by atoms with van der Waals surface area (Å²) in [6.07, 6.45) is 3.78. The minimum absolute atomic E-state index is 0.645. The van der Waals surface area contributed by atoms with Crippen LogP contribution < -0.4 is 0 Å². The van der Waals surface area contributed by atoms with Gasteiger partial charge >= 0.3 is 0 Å². The van der Waals surface area contributed by atoms with Gasteiger partial charge in [0.15, 0.2) is 0 Å². The Morgan fingerprint density at radius 3 is 1.56 bits per heavy atom. The third-order valence-electron chi connectivity index (χ3n) is 13.9. The number of rotatable bonds is 4. The molecule has 306 valence electrons. The number of benzene rings is 8. The van der Waals surface area contributed by atoms with E-state index >= 15 is 0 Å². The van der Waals surface area contributed by atoms with Crippen LogP contribution in [0.5, 0.6) is 0 Å². The molecule has 5 heterocycles. The molecule has 12 aromatic rings. The number of pyridine rings is 2. The fourth-order valence-corrected chi connectivity index (χ4v) is 12.3. The Kier molecular flexibility index (Phi) is 7.83. The van der Waals surface area contributed by atoms with Crippen LogP contribution in [0.15, 0.2) is 222 Å². The molecule has 5 nitrogen and oxygen atoms in total. The molecule has 1 spiro atoms. The molecule has 1 aliphatic heterocycles. The summed E-state index contributed by atoms with van der Waals surface area (Å²) < 4.78 is 4.67. The summed E-state index contributed by atoms with van der Waals surface area (Å²) in [7, 11) is 0. The second kappa shape index (κ2) is 14.0. The summed E-state index contributed by atoms with van der Waals surface area (Å²) in [5.41, 5.74) is 18.0. The van der Waals surface area contributed by atoms with Crippen molar-refractivity contribution in [2.75, 3.05) is 0 Å². The van der Waals surface area contributed by atoms with E-state index in [1.54, 1.807) is 0 Å². The van der Waals surface area contributed by atoms with Crippen molar-refractivity contribution in [2.24, 2.45) is 0 Å². The highest BCUT2D eigenvalue weighted by atomic mass is 32.2. The van der Waals surface area contributed by atoms with Gasteiger partial charge in [-0.15, -0.1) is 0 Å². The topological polar surface area (TPSA) is 59.4 Å². The number of nitriles is 1. The Hall–Kier alpha value is -8.50. The van der Waals surface area contributed by atoms with Crippen molar-refractivity contribution in [3.05, 3.63) is 240 Å². The largest absolute Gasteiger partial charge is 0.309 e. The first-order valence-corrected chi connectivity index (χ1v) is 23.0. The van der Waals surface area contributed by atoms with E-state index in [9.17, 15) is 5.26 Å². The van der Waals surface area contributed by atoms with E-state index in [1.807, 2.05) is 42.4 Å². The lowest BCUT2D eigenvalue weighted by Crippen LogP contribution is -2.32. The van der Waals surface area contributed by atoms with Crippen LogP contribution in [0, 0.1) is 11.3 Å². The van der Waals surface area contributed by atoms with E-state index in [4.69, 9.17) is 9.97 Å². The SMILES string of the molecule is N#Cc1ccc2c(c1)c1cc(-c3ccc4c(c3)C3(c5ccc(-c6ccc7c(c6)c6ccccc6n7-c6ccccc6)cc5S4)c4cccnc4-c4ncccc43)ccc1n2-c1ccccc1. The standard InChI is InChI=1S/C60H35N5S/c61-36-37-19-25-53-45(31-37)47-33-38(21-27-55(47)65(53)43-13-5-2-6-14-43)40-23-28-56-51(34-40)60(49-16-9-29-62-58(49)59-50(60)17-10-30-63-59)48-24-20-41(35-57(48)66-56)39-22-26-54-46(32-39)44-15-7-8-18-52(44)64(54)42-11-3-1-4-12-42/h1-35H.